The second kappa shape index (κ2) is 8.51. The van der Waals surface area contributed by atoms with Crippen LogP contribution in [0, 0.1) is 0 Å². The standard InChI is InChI=1S/C14H27NO2/c1-2-3-4-5-8-11-15-12-9-6-7-10-13(15)14(16)17/h13H,2-12H2,1H3,(H,16,17). The van der Waals surface area contributed by atoms with Crippen LogP contribution in [0.1, 0.15) is 64.7 Å². The van der Waals surface area contributed by atoms with E-state index in [-0.39, 0.29) is 6.04 Å². The molecule has 0 bridgehead atoms. The average Bonchev–Trinajstić information content (AvgIpc) is 2.54. The topological polar surface area (TPSA) is 40.5 Å². The van der Waals surface area contributed by atoms with Crippen LogP contribution in [0.5, 0.6) is 0 Å². The highest BCUT2D eigenvalue weighted by Crippen LogP contribution is 2.18. The highest BCUT2D eigenvalue weighted by molar-refractivity contribution is 5.73. The number of likely N-dealkylation sites (tertiary alicyclic amines) is 1. The molecule has 0 spiro atoms. The van der Waals surface area contributed by atoms with E-state index in [2.05, 4.69) is 11.8 Å². The third-order valence-electron chi connectivity index (χ3n) is 3.70. The lowest BCUT2D eigenvalue weighted by atomic mass is 10.1. The van der Waals surface area contributed by atoms with Crippen molar-refractivity contribution >= 4 is 5.97 Å². The maximum atomic E-state index is 11.2. The minimum absolute atomic E-state index is 0.219. The molecule has 0 radical (unpaired) electrons. The van der Waals surface area contributed by atoms with E-state index in [1.54, 1.807) is 0 Å². The summed E-state index contributed by atoms with van der Waals surface area (Å²) in [4.78, 5) is 13.4. The molecular weight excluding hydrogens is 214 g/mol. The van der Waals surface area contributed by atoms with E-state index >= 15 is 0 Å². The summed E-state index contributed by atoms with van der Waals surface area (Å²) < 4.78 is 0. The first kappa shape index (κ1) is 14.5. The molecule has 1 unspecified atom stereocenters. The van der Waals surface area contributed by atoms with Crippen LogP contribution in [0.3, 0.4) is 0 Å². The SMILES string of the molecule is CCCCCCCN1CCCCCC1C(=O)O. The van der Waals surface area contributed by atoms with Gasteiger partial charge in [-0.05, 0) is 32.4 Å². The lowest BCUT2D eigenvalue weighted by molar-refractivity contribution is -0.143. The van der Waals surface area contributed by atoms with E-state index < -0.39 is 5.97 Å². The number of nitrogens with zero attached hydrogens (tertiary/aromatic N) is 1. The third kappa shape index (κ3) is 5.53. The molecule has 0 aromatic rings. The fourth-order valence-corrected chi connectivity index (χ4v) is 2.63. The Kier molecular flexibility index (Phi) is 7.25. The Labute approximate surface area is 105 Å². The van der Waals surface area contributed by atoms with Crippen molar-refractivity contribution in [3.05, 3.63) is 0 Å². The highest BCUT2D eigenvalue weighted by Gasteiger charge is 2.26. The number of hydrogen-bond donors (Lipinski definition) is 1. The Morgan fingerprint density at radius 3 is 2.65 bits per heavy atom. The summed E-state index contributed by atoms with van der Waals surface area (Å²) in [5, 5.41) is 9.23. The van der Waals surface area contributed by atoms with Crippen molar-refractivity contribution in [3.8, 4) is 0 Å². The second-order valence-electron chi connectivity index (χ2n) is 5.15. The van der Waals surface area contributed by atoms with Crippen LogP contribution < -0.4 is 0 Å². The van der Waals surface area contributed by atoms with Crippen LogP contribution in [0.2, 0.25) is 0 Å². The van der Waals surface area contributed by atoms with Gasteiger partial charge in [-0.1, -0.05) is 45.4 Å². The van der Waals surface area contributed by atoms with Crippen molar-refractivity contribution in [1.29, 1.82) is 0 Å². The molecule has 0 amide bonds. The molecule has 1 aliphatic rings. The molecule has 3 nitrogen and oxygen atoms in total. The zero-order valence-electron chi connectivity index (χ0n) is 11.2. The van der Waals surface area contributed by atoms with Crippen molar-refractivity contribution in [1.82, 2.24) is 4.90 Å². The smallest absolute Gasteiger partial charge is 0.320 e. The molecule has 1 atom stereocenters. The molecule has 0 aromatic carbocycles. The van der Waals surface area contributed by atoms with Gasteiger partial charge >= 0.3 is 5.97 Å². The Balaban J connectivity index is 2.28. The molecular formula is C14H27NO2. The van der Waals surface area contributed by atoms with E-state index in [1.165, 1.54) is 38.5 Å². The summed E-state index contributed by atoms with van der Waals surface area (Å²) >= 11 is 0. The summed E-state index contributed by atoms with van der Waals surface area (Å²) in [5.74, 6) is -0.625. The van der Waals surface area contributed by atoms with E-state index in [4.69, 9.17) is 0 Å². The summed E-state index contributed by atoms with van der Waals surface area (Å²) in [6.45, 7) is 4.17. The number of carboxylic acid groups (broad SMARTS) is 1. The summed E-state index contributed by atoms with van der Waals surface area (Å²) in [6, 6.07) is -0.219. The largest absolute Gasteiger partial charge is 0.480 e. The van der Waals surface area contributed by atoms with Gasteiger partial charge in [-0.2, -0.15) is 0 Å². The zero-order chi connectivity index (χ0) is 12.5. The molecule has 100 valence electrons. The number of aliphatic carboxylic acids is 1. The van der Waals surface area contributed by atoms with Gasteiger partial charge in [-0.3, -0.25) is 9.69 Å². The van der Waals surface area contributed by atoms with Crippen LogP contribution in [-0.2, 0) is 4.79 Å². The van der Waals surface area contributed by atoms with Crippen molar-refractivity contribution in [2.75, 3.05) is 13.1 Å². The monoisotopic (exact) mass is 241 g/mol. The molecule has 1 saturated heterocycles. The predicted molar refractivity (Wildman–Crippen MR) is 70.2 cm³/mol. The third-order valence-corrected chi connectivity index (χ3v) is 3.70. The fraction of sp³-hybridized carbons (Fsp3) is 0.929. The van der Waals surface area contributed by atoms with E-state index in [1.807, 2.05) is 0 Å². The summed E-state index contributed by atoms with van der Waals surface area (Å²) in [7, 11) is 0. The Morgan fingerprint density at radius 2 is 1.94 bits per heavy atom. The number of rotatable bonds is 7. The van der Waals surface area contributed by atoms with Crippen molar-refractivity contribution in [3.63, 3.8) is 0 Å². The summed E-state index contributed by atoms with van der Waals surface area (Å²) in [5.41, 5.74) is 0. The normalized spacial score (nSPS) is 22.3. The molecule has 1 aliphatic heterocycles. The van der Waals surface area contributed by atoms with Gasteiger partial charge in [0, 0.05) is 0 Å². The van der Waals surface area contributed by atoms with Gasteiger partial charge in [-0.15, -0.1) is 0 Å². The number of unbranched alkanes of at least 4 members (excludes halogenated alkanes) is 4. The van der Waals surface area contributed by atoms with E-state index in [0.29, 0.717) is 0 Å². The van der Waals surface area contributed by atoms with Crippen LogP contribution >= 0.6 is 0 Å². The van der Waals surface area contributed by atoms with E-state index in [0.717, 1.165) is 32.4 Å². The maximum Gasteiger partial charge on any atom is 0.320 e. The lowest BCUT2D eigenvalue weighted by Gasteiger charge is -2.26. The molecule has 0 aromatic heterocycles. The van der Waals surface area contributed by atoms with Gasteiger partial charge in [0.25, 0.3) is 0 Å². The first-order chi connectivity index (χ1) is 8.25. The van der Waals surface area contributed by atoms with Gasteiger partial charge in [0.15, 0.2) is 0 Å². The fourth-order valence-electron chi connectivity index (χ4n) is 2.63. The number of carbonyl (C=O) groups is 1. The van der Waals surface area contributed by atoms with E-state index in [9.17, 15) is 9.90 Å². The molecule has 3 heteroatoms. The highest BCUT2D eigenvalue weighted by atomic mass is 16.4. The number of hydrogen-bond acceptors (Lipinski definition) is 2. The first-order valence-corrected chi connectivity index (χ1v) is 7.22. The first-order valence-electron chi connectivity index (χ1n) is 7.22. The summed E-state index contributed by atoms with van der Waals surface area (Å²) in [6.07, 6.45) is 10.5. The molecule has 0 saturated carbocycles. The van der Waals surface area contributed by atoms with Gasteiger partial charge in [0.2, 0.25) is 0 Å². The van der Waals surface area contributed by atoms with Crippen molar-refractivity contribution in [2.45, 2.75) is 70.8 Å². The van der Waals surface area contributed by atoms with Crippen LogP contribution in [0.4, 0.5) is 0 Å². The molecule has 1 heterocycles. The Morgan fingerprint density at radius 1 is 1.18 bits per heavy atom. The molecule has 1 N–H and O–H groups in total. The van der Waals surface area contributed by atoms with Gasteiger partial charge in [0.1, 0.15) is 6.04 Å². The predicted octanol–water partition coefficient (Wildman–Crippen LogP) is 3.29. The minimum atomic E-state index is -0.625. The second-order valence-corrected chi connectivity index (χ2v) is 5.15. The molecule has 1 fully saturated rings. The van der Waals surface area contributed by atoms with Crippen LogP contribution in [0.25, 0.3) is 0 Å². The average molecular weight is 241 g/mol. The maximum absolute atomic E-state index is 11.2. The molecule has 1 rings (SSSR count). The minimum Gasteiger partial charge on any atom is -0.480 e. The Bertz CT molecular complexity index is 218. The lowest BCUT2D eigenvalue weighted by Crippen LogP contribution is -2.41. The zero-order valence-corrected chi connectivity index (χ0v) is 11.2. The van der Waals surface area contributed by atoms with Crippen LogP contribution in [-0.4, -0.2) is 35.1 Å². The van der Waals surface area contributed by atoms with Crippen molar-refractivity contribution < 1.29 is 9.90 Å². The quantitative estimate of drug-likeness (QED) is 0.695. The van der Waals surface area contributed by atoms with Gasteiger partial charge in [-0.25, -0.2) is 0 Å². The van der Waals surface area contributed by atoms with Gasteiger partial charge in [0.05, 0.1) is 0 Å². The molecule has 0 aliphatic carbocycles. The number of carboxylic acids is 1. The molecule has 17 heavy (non-hydrogen) atoms. The van der Waals surface area contributed by atoms with Crippen molar-refractivity contribution in [2.24, 2.45) is 0 Å². The Hall–Kier alpha value is -0.570. The van der Waals surface area contributed by atoms with Gasteiger partial charge < -0.3 is 5.11 Å². The van der Waals surface area contributed by atoms with Crippen LogP contribution in [0.15, 0.2) is 0 Å².